The average molecular weight is 331 g/mol. The molecule has 130 valence electrons. The van der Waals surface area contributed by atoms with Crippen molar-refractivity contribution in [3.8, 4) is 0 Å². The summed E-state index contributed by atoms with van der Waals surface area (Å²) in [6, 6.07) is 5.77. The van der Waals surface area contributed by atoms with Gasteiger partial charge in [0.25, 0.3) is 0 Å². The SMILES string of the molecule is Cc1cc(CC(=O)NCC(c2ccco2)N2CCCCCC2)no1. The van der Waals surface area contributed by atoms with E-state index in [1.165, 1.54) is 25.7 Å². The Morgan fingerprint density at radius 2 is 2.12 bits per heavy atom. The quantitative estimate of drug-likeness (QED) is 0.881. The predicted molar refractivity (Wildman–Crippen MR) is 89.4 cm³/mol. The number of rotatable bonds is 6. The molecule has 1 saturated heterocycles. The number of carbonyl (C=O) groups is 1. The summed E-state index contributed by atoms with van der Waals surface area (Å²) in [7, 11) is 0. The lowest BCUT2D eigenvalue weighted by atomic mass is 10.1. The molecule has 3 rings (SSSR count). The fraction of sp³-hybridized carbons (Fsp3) is 0.556. The van der Waals surface area contributed by atoms with E-state index in [4.69, 9.17) is 8.94 Å². The predicted octanol–water partition coefficient (Wildman–Crippen LogP) is 2.85. The Kier molecular flexibility index (Phi) is 5.69. The lowest BCUT2D eigenvalue weighted by molar-refractivity contribution is -0.120. The van der Waals surface area contributed by atoms with Gasteiger partial charge in [0.15, 0.2) is 0 Å². The van der Waals surface area contributed by atoms with Crippen molar-refractivity contribution in [2.24, 2.45) is 0 Å². The van der Waals surface area contributed by atoms with E-state index < -0.39 is 0 Å². The zero-order valence-electron chi connectivity index (χ0n) is 14.2. The molecule has 1 fully saturated rings. The summed E-state index contributed by atoms with van der Waals surface area (Å²) in [4.78, 5) is 14.6. The summed E-state index contributed by atoms with van der Waals surface area (Å²) >= 11 is 0. The van der Waals surface area contributed by atoms with Crippen LogP contribution in [-0.2, 0) is 11.2 Å². The van der Waals surface area contributed by atoms with Crippen molar-refractivity contribution >= 4 is 5.91 Å². The van der Waals surface area contributed by atoms with Gasteiger partial charge in [-0.1, -0.05) is 18.0 Å². The fourth-order valence-electron chi connectivity index (χ4n) is 3.24. The normalized spacial score (nSPS) is 17.4. The Balaban J connectivity index is 1.60. The second kappa shape index (κ2) is 8.15. The van der Waals surface area contributed by atoms with Crippen LogP contribution >= 0.6 is 0 Å². The van der Waals surface area contributed by atoms with Crippen molar-refractivity contribution in [1.29, 1.82) is 0 Å². The van der Waals surface area contributed by atoms with Crippen LogP contribution in [0.3, 0.4) is 0 Å². The van der Waals surface area contributed by atoms with Crippen LogP contribution in [0.1, 0.15) is 48.9 Å². The zero-order valence-corrected chi connectivity index (χ0v) is 14.2. The number of likely N-dealkylation sites (tertiary alicyclic amines) is 1. The molecule has 2 aromatic heterocycles. The number of hydrogen-bond donors (Lipinski definition) is 1. The standard InChI is InChI=1S/C18H25N3O3/c1-14-11-15(20-24-14)12-18(22)19-13-16(17-7-6-10-23-17)21-8-4-2-3-5-9-21/h6-7,10-11,16H,2-5,8-9,12-13H2,1H3,(H,19,22). The molecule has 0 aliphatic carbocycles. The number of aromatic nitrogens is 1. The molecule has 0 saturated carbocycles. The molecule has 0 spiro atoms. The highest BCUT2D eigenvalue weighted by atomic mass is 16.5. The van der Waals surface area contributed by atoms with Gasteiger partial charge in [-0.05, 0) is 45.0 Å². The smallest absolute Gasteiger partial charge is 0.226 e. The van der Waals surface area contributed by atoms with Gasteiger partial charge < -0.3 is 14.3 Å². The topological polar surface area (TPSA) is 71.5 Å². The van der Waals surface area contributed by atoms with Crippen LogP contribution in [0.15, 0.2) is 33.4 Å². The first kappa shape index (κ1) is 16.8. The molecular formula is C18H25N3O3. The van der Waals surface area contributed by atoms with Crippen molar-refractivity contribution in [2.45, 2.75) is 45.1 Å². The molecule has 1 N–H and O–H groups in total. The van der Waals surface area contributed by atoms with E-state index in [9.17, 15) is 4.79 Å². The highest BCUT2D eigenvalue weighted by Crippen LogP contribution is 2.24. The molecule has 3 heterocycles. The monoisotopic (exact) mass is 331 g/mol. The molecule has 6 heteroatoms. The van der Waals surface area contributed by atoms with Crippen LogP contribution < -0.4 is 5.32 Å². The molecule has 2 aromatic rings. The van der Waals surface area contributed by atoms with Gasteiger partial charge >= 0.3 is 0 Å². The van der Waals surface area contributed by atoms with E-state index in [0.29, 0.717) is 12.2 Å². The van der Waals surface area contributed by atoms with Gasteiger partial charge in [0.05, 0.1) is 24.4 Å². The summed E-state index contributed by atoms with van der Waals surface area (Å²) in [5, 5.41) is 6.89. The highest BCUT2D eigenvalue weighted by Gasteiger charge is 2.24. The van der Waals surface area contributed by atoms with Gasteiger partial charge in [0.2, 0.25) is 5.91 Å². The number of carbonyl (C=O) groups excluding carboxylic acids is 1. The lowest BCUT2D eigenvalue weighted by Gasteiger charge is -2.29. The summed E-state index contributed by atoms with van der Waals surface area (Å²) in [6.07, 6.45) is 6.88. The fourth-order valence-corrected chi connectivity index (χ4v) is 3.24. The van der Waals surface area contributed by atoms with Crippen molar-refractivity contribution in [1.82, 2.24) is 15.4 Å². The minimum absolute atomic E-state index is 0.0466. The first-order valence-corrected chi connectivity index (χ1v) is 8.69. The van der Waals surface area contributed by atoms with E-state index in [1.807, 2.05) is 19.1 Å². The van der Waals surface area contributed by atoms with Gasteiger partial charge in [-0.2, -0.15) is 0 Å². The second-order valence-electron chi connectivity index (χ2n) is 6.39. The van der Waals surface area contributed by atoms with Crippen molar-refractivity contribution < 1.29 is 13.7 Å². The maximum absolute atomic E-state index is 12.2. The second-order valence-corrected chi connectivity index (χ2v) is 6.39. The van der Waals surface area contributed by atoms with Gasteiger partial charge in [-0.3, -0.25) is 9.69 Å². The number of nitrogens with one attached hydrogen (secondary N) is 1. The van der Waals surface area contributed by atoms with Crippen LogP contribution in [0.25, 0.3) is 0 Å². The van der Waals surface area contributed by atoms with Gasteiger partial charge in [-0.25, -0.2) is 0 Å². The molecule has 1 unspecified atom stereocenters. The number of furan rings is 1. The maximum Gasteiger partial charge on any atom is 0.226 e. The Morgan fingerprint density at radius 3 is 2.75 bits per heavy atom. The van der Waals surface area contributed by atoms with Gasteiger partial charge in [0, 0.05) is 12.6 Å². The molecule has 1 aliphatic heterocycles. The Bertz CT molecular complexity index is 628. The molecule has 0 bridgehead atoms. The first-order chi connectivity index (χ1) is 11.7. The summed E-state index contributed by atoms with van der Waals surface area (Å²) in [6.45, 7) is 4.46. The molecule has 0 radical (unpaired) electrons. The van der Waals surface area contributed by atoms with Crippen LogP contribution in [0.4, 0.5) is 0 Å². The molecule has 1 aliphatic rings. The number of amides is 1. The van der Waals surface area contributed by atoms with Gasteiger partial charge in [0.1, 0.15) is 11.5 Å². The first-order valence-electron chi connectivity index (χ1n) is 8.69. The van der Waals surface area contributed by atoms with Gasteiger partial charge in [-0.15, -0.1) is 0 Å². The van der Waals surface area contributed by atoms with E-state index in [2.05, 4.69) is 15.4 Å². The molecule has 1 atom stereocenters. The van der Waals surface area contributed by atoms with Crippen LogP contribution in [0.2, 0.25) is 0 Å². The van der Waals surface area contributed by atoms with E-state index in [1.54, 1.807) is 12.3 Å². The zero-order chi connectivity index (χ0) is 16.8. The van der Waals surface area contributed by atoms with E-state index in [0.717, 1.165) is 24.6 Å². The molecule has 24 heavy (non-hydrogen) atoms. The molecule has 1 amide bonds. The van der Waals surface area contributed by atoms with Crippen LogP contribution in [0.5, 0.6) is 0 Å². The number of aryl methyl sites for hydroxylation is 1. The summed E-state index contributed by atoms with van der Waals surface area (Å²) in [5.74, 6) is 1.58. The summed E-state index contributed by atoms with van der Waals surface area (Å²) < 4.78 is 10.6. The number of hydrogen-bond acceptors (Lipinski definition) is 5. The molecule has 6 nitrogen and oxygen atoms in total. The highest BCUT2D eigenvalue weighted by molar-refractivity contribution is 5.78. The van der Waals surface area contributed by atoms with E-state index in [-0.39, 0.29) is 18.4 Å². The summed E-state index contributed by atoms with van der Waals surface area (Å²) in [5.41, 5.74) is 0.661. The Morgan fingerprint density at radius 1 is 1.33 bits per heavy atom. The Hall–Kier alpha value is -2.08. The van der Waals surface area contributed by atoms with Crippen molar-refractivity contribution in [3.63, 3.8) is 0 Å². The average Bonchev–Trinajstić information content (AvgIpc) is 3.14. The largest absolute Gasteiger partial charge is 0.468 e. The van der Waals surface area contributed by atoms with Crippen LogP contribution in [-0.4, -0.2) is 35.6 Å². The minimum Gasteiger partial charge on any atom is -0.468 e. The third-order valence-corrected chi connectivity index (χ3v) is 4.46. The van der Waals surface area contributed by atoms with Crippen LogP contribution in [0, 0.1) is 6.92 Å². The molecule has 0 aromatic carbocycles. The third kappa shape index (κ3) is 4.47. The minimum atomic E-state index is -0.0466. The van der Waals surface area contributed by atoms with E-state index >= 15 is 0 Å². The third-order valence-electron chi connectivity index (χ3n) is 4.46. The molecular weight excluding hydrogens is 306 g/mol. The van der Waals surface area contributed by atoms with Crippen molar-refractivity contribution in [3.05, 3.63) is 41.7 Å². The van der Waals surface area contributed by atoms with Crippen molar-refractivity contribution in [2.75, 3.05) is 19.6 Å². The Labute approximate surface area is 142 Å². The maximum atomic E-state index is 12.2. The number of nitrogens with zero attached hydrogens (tertiary/aromatic N) is 2. The lowest BCUT2D eigenvalue weighted by Crippen LogP contribution is -2.39.